The van der Waals surface area contributed by atoms with E-state index in [1.807, 2.05) is 0 Å². The highest BCUT2D eigenvalue weighted by Crippen LogP contribution is 2.24. The van der Waals surface area contributed by atoms with Crippen LogP contribution in [0.4, 0.5) is 0 Å². The second kappa shape index (κ2) is 3.13. The summed E-state index contributed by atoms with van der Waals surface area (Å²) in [4.78, 5) is 2.22. The second-order valence-electron chi connectivity index (χ2n) is 4.47. The van der Waals surface area contributed by atoms with Gasteiger partial charge in [-0.1, -0.05) is 0 Å². The predicted octanol–water partition coefficient (Wildman–Crippen LogP) is 2.40. The Balaban J connectivity index is 2.68. The molecule has 12 heavy (non-hydrogen) atoms. The van der Waals surface area contributed by atoms with Gasteiger partial charge in [0.05, 0.1) is 0 Å². The maximum Gasteiger partial charge on any atom is 0.244 e. The fourth-order valence-corrected chi connectivity index (χ4v) is 2.23. The van der Waals surface area contributed by atoms with E-state index in [9.17, 15) is 0 Å². The maximum atomic E-state index is 5.97. The first-order chi connectivity index (χ1) is 5.40. The molecule has 0 bridgehead atoms. The summed E-state index contributed by atoms with van der Waals surface area (Å²) in [5.41, 5.74) is 1.40. The Morgan fingerprint density at radius 1 is 1.33 bits per heavy atom. The van der Waals surface area contributed by atoms with E-state index in [1.54, 1.807) is 0 Å². The molecule has 70 valence electrons. The molecule has 0 aromatic rings. The molecule has 0 aliphatic carbocycles. The van der Waals surface area contributed by atoms with Crippen molar-refractivity contribution in [3.8, 4) is 0 Å². The standard InChI is InChI=1S/C9H19NOSi/c1-8-6-7-10(2)9(8)11-12(3,4)5/h6-7H2,1-5H3. The summed E-state index contributed by atoms with van der Waals surface area (Å²) in [6, 6.07) is 0. The molecular weight excluding hydrogens is 166 g/mol. The molecule has 1 aliphatic rings. The van der Waals surface area contributed by atoms with E-state index in [-0.39, 0.29) is 0 Å². The lowest BCUT2D eigenvalue weighted by atomic mass is 10.3. The van der Waals surface area contributed by atoms with E-state index in [1.165, 1.54) is 5.57 Å². The topological polar surface area (TPSA) is 12.5 Å². The summed E-state index contributed by atoms with van der Waals surface area (Å²) < 4.78 is 5.97. The molecule has 0 aromatic heterocycles. The Labute approximate surface area is 76.3 Å². The predicted molar refractivity (Wildman–Crippen MR) is 54.4 cm³/mol. The summed E-state index contributed by atoms with van der Waals surface area (Å²) in [6.07, 6.45) is 1.16. The van der Waals surface area contributed by atoms with Gasteiger partial charge in [-0.2, -0.15) is 0 Å². The number of hydrogen-bond donors (Lipinski definition) is 0. The zero-order valence-corrected chi connectivity index (χ0v) is 9.77. The third-order valence-corrected chi connectivity index (χ3v) is 2.74. The van der Waals surface area contributed by atoms with Crippen LogP contribution in [-0.4, -0.2) is 26.8 Å². The van der Waals surface area contributed by atoms with Gasteiger partial charge in [-0.25, -0.2) is 0 Å². The monoisotopic (exact) mass is 185 g/mol. The van der Waals surface area contributed by atoms with Gasteiger partial charge in [0.2, 0.25) is 8.32 Å². The molecule has 0 N–H and O–H groups in total. The molecule has 3 heteroatoms. The van der Waals surface area contributed by atoms with Gasteiger partial charge in [0.15, 0.2) is 5.88 Å². The van der Waals surface area contributed by atoms with Crippen LogP contribution in [0.3, 0.4) is 0 Å². The van der Waals surface area contributed by atoms with E-state index in [2.05, 4.69) is 38.5 Å². The van der Waals surface area contributed by atoms with E-state index >= 15 is 0 Å². The van der Waals surface area contributed by atoms with Crippen LogP contribution in [0.2, 0.25) is 19.6 Å². The van der Waals surface area contributed by atoms with Gasteiger partial charge >= 0.3 is 0 Å². The molecule has 0 spiro atoms. The fourth-order valence-electron chi connectivity index (χ4n) is 1.32. The molecule has 1 rings (SSSR count). The first-order valence-electron chi connectivity index (χ1n) is 4.50. The van der Waals surface area contributed by atoms with Crippen LogP contribution in [0.5, 0.6) is 0 Å². The third-order valence-electron chi connectivity index (χ3n) is 1.94. The fraction of sp³-hybridized carbons (Fsp3) is 0.778. The quantitative estimate of drug-likeness (QED) is 0.613. The van der Waals surface area contributed by atoms with Crippen molar-refractivity contribution in [2.45, 2.75) is 33.0 Å². The van der Waals surface area contributed by atoms with Crippen LogP contribution in [-0.2, 0) is 4.43 Å². The molecule has 0 amide bonds. The first-order valence-corrected chi connectivity index (χ1v) is 7.91. The average Bonchev–Trinajstić information content (AvgIpc) is 2.16. The number of rotatable bonds is 2. The van der Waals surface area contributed by atoms with Crippen molar-refractivity contribution in [3.05, 3.63) is 11.5 Å². The van der Waals surface area contributed by atoms with E-state index < -0.39 is 8.32 Å². The van der Waals surface area contributed by atoms with Crippen LogP contribution >= 0.6 is 0 Å². The Hall–Kier alpha value is -0.443. The van der Waals surface area contributed by atoms with Gasteiger partial charge in [-0.3, -0.25) is 0 Å². The highest BCUT2D eigenvalue weighted by atomic mass is 28.4. The van der Waals surface area contributed by atoms with Crippen molar-refractivity contribution >= 4 is 8.32 Å². The molecule has 0 aromatic carbocycles. The van der Waals surface area contributed by atoms with Gasteiger partial charge in [-0.15, -0.1) is 0 Å². The molecule has 0 fully saturated rings. The van der Waals surface area contributed by atoms with Gasteiger partial charge in [0, 0.05) is 13.6 Å². The zero-order valence-electron chi connectivity index (χ0n) is 8.77. The Bertz CT molecular complexity index is 205. The van der Waals surface area contributed by atoms with E-state index in [4.69, 9.17) is 4.43 Å². The largest absolute Gasteiger partial charge is 0.533 e. The number of nitrogens with zero attached hydrogens (tertiary/aromatic N) is 1. The van der Waals surface area contributed by atoms with Crippen LogP contribution in [0.15, 0.2) is 11.5 Å². The summed E-state index contributed by atoms with van der Waals surface area (Å²) in [5, 5.41) is 0. The Morgan fingerprint density at radius 2 is 1.92 bits per heavy atom. The lowest BCUT2D eigenvalue weighted by molar-refractivity contribution is 0.267. The normalized spacial score (nSPS) is 18.9. The third kappa shape index (κ3) is 2.27. The van der Waals surface area contributed by atoms with E-state index in [0.717, 1.165) is 18.8 Å². The first kappa shape index (κ1) is 9.64. The van der Waals surface area contributed by atoms with Gasteiger partial charge in [-0.05, 0) is 38.6 Å². The minimum atomic E-state index is -1.41. The molecular formula is C9H19NOSi. The van der Waals surface area contributed by atoms with Crippen LogP contribution in [0, 0.1) is 0 Å². The highest BCUT2D eigenvalue weighted by molar-refractivity contribution is 6.70. The minimum Gasteiger partial charge on any atom is -0.533 e. The second-order valence-corrected chi connectivity index (χ2v) is 8.90. The maximum absolute atomic E-state index is 5.97. The van der Waals surface area contributed by atoms with Crippen molar-refractivity contribution < 1.29 is 4.43 Å². The van der Waals surface area contributed by atoms with Crippen molar-refractivity contribution in [1.82, 2.24) is 4.90 Å². The van der Waals surface area contributed by atoms with Crippen LogP contribution in [0.25, 0.3) is 0 Å². The molecule has 1 heterocycles. The molecule has 0 atom stereocenters. The van der Waals surface area contributed by atoms with Crippen molar-refractivity contribution in [3.63, 3.8) is 0 Å². The number of hydrogen-bond acceptors (Lipinski definition) is 2. The average molecular weight is 185 g/mol. The smallest absolute Gasteiger partial charge is 0.244 e. The molecule has 0 unspecified atom stereocenters. The molecule has 0 saturated heterocycles. The SMILES string of the molecule is CC1=C(O[Si](C)(C)C)N(C)CC1. The lowest BCUT2D eigenvalue weighted by Gasteiger charge is -2.25. The van der Waals surface area contributed by atoms with Crippen molar-refractivity contribution in [2.75, 3.05) is 13.6 Å². The van der Waals surface area contributed by atoms with Gasteiger partial charge in [0.25, 0.3) is 0 Å². The van der Waals surface area contributed by atoms with Gasteiger partial charge in [0.1, 0.15) is 0 Å². The highest BCUT2D eigenvalue weighted by Gasteiger charge is 2.24. The summed E-state index contributed by atoms with van der Waals surface area (Å²) in [7, 11) is 0.698. The lowest BCUT2D eigenvalue weighted by Crippen LogP contribution is -2.29. The molecule has 2 nitrogen and oxygen atoms in total. The zero-order chi connectivity index (χ0) is 9.35. The van der Waals surface area contributed by atoms with Crippen molar-refractivity contribution in [2.24, 2.45) is 0 Å². The van der Waals surface area contributed by atoms with Gasteiger partial charge < -0.3 is 9.33 Å². The Kier molecular flexibility index (Phi) is 2.51. The van der Waals surface area contributed by atoms with E-state index in [0.29, 0.717) is 0 Å². The van der Waals surface area contributed by atoms with Crippen molar-refractivity contribution in [1.29, 1.82) is 0 Å². The Morgan fingerprint density at radius 3 is 2.25 bits per heavy atom. The minimum absolute atomic E-state index is 1.12. The molecule has 0 saturated carbocycles. The molecule has 0 radical (unpaired) electrons. The summed E-state index contributed by atoms with van der Waals surface area (Å²) in [5.74, 6) is 1.13. The summed E-state index contributed by atoms with van der Waals surface area (Å²) >= 11 is 0. The summed E-state index contributed by atoms with van der Waals surface area (Å²) in [6.45, 7) is 9.95. The van der Waals surface area contributed by atoms with Crippen LogP contribution in [0.1, 0.15) is 13.3 Å². The van der Waals surface area contributed by atoms with Crippen LogP contribution < -0.4 is 0 Å². The molecule has 1 aliphatic heterocycles.